The minimum absolute atomic E-state index is 0.342. The van der Waals surface area contributed by atoms with Crippen molar-refractivity contribution in [2.45, 2.75) is 18.2 Å². The van der Waals surface area contributed by atoms with E-state index in [0.29, 0.717) is 23.7 Å². The monoisotopic (exact) mass is 286 g/mol. The summed E-state index contributed by atoms with van der Waals surface area (Å²) in [4.78, 5) is 0.342. The number of nitrogens with two attached hydrogens (primary N) is 1. The highest BCUT2D eigenvalue weighted by molar-refractivity contribution is 7.99. The number of benzene rings is 1. The molecule has 1 aliphatic heterocycles. The van der Waals surface area contributed by atoms with Gasteiger partial charge in [0.15, 0.2) is 0 Å². The van der Waals surface area contributed by atoms with Crippen molar-refractivity contribution in [3.8, 4) is 0 Å². The molecule has 1 fully saturated rings. The number of rotatable bonds is 2. The van der Waals surface area contributed by atoms with Gasteiger partial charge < -0.3 is 5.73 Å². The molecule has 18 heavy (non-hydrogen) atoms. The molecular formula is C12H18N2O2S2. The molecule has 2 N–H and O–H groups in total. The summed E-state index contributed by atoms with van der Waals surface area (Å²) in [5.74, 6) is 1.89. The summed E-state index contributed by atoms with van der Waals surface area (Å²) in [6.45, 7) is 2.99. The Bertz CT molecular complexity index is 521. The number of thioether (sulfide) groups is 1. The van der Waals surface area contributed by atoms with Crippen molar-refractivity contribution in [3.05, 3.63) is 23.8 Å². The Balaban J connectivity index is 2.37. The quantitative estimate of drug-likeness (QED) is 0.841. The van der Waals surface area contributed by atoms with Crippen molar-refractivity contribution in [1.82, 2.24) is 4.31 Å². The Hall–Kier alpha value is -0.720. The second-order valence-electron chi connectivity index (χ2n) is 4.39. The van der Waals surface area contributed by atoms with Crippen molar-refractivity contribution in [2.75, 3.05) is 30.3 Å². The summed E-state index contributed by atoms with van der Waals surface area (Å²) >= 11 is 1.81. The molecule has 0 aromatic heterocycles. The molecule has 1 saturated heterocycles. The van der Waals surface area contributed by atoms with Gasteiger partial charge >= 0.3 is 0 Å². The largest absolute Gasteiger partial charge is 0.399 e. The standard InChI is InChI=1S/C12H18N2O2S2/c1-10-3-4-11(13)9-12(10)18(15,16)14-5-2-7-17-8-6-14/h3-4,9H,2,5-8,13H2,1H3. The van der Waals surface area contributed by atoms with Crippen LogP contribution in [0.15, 0.2) is 23.1 Å². The molecule has 0 unspecified atom stereocenters. The van der Waals surface area contributed by atoms with Crippen LogP contribution in [0.1, 0.15) is 12.0 Å². The lowest BCUT2D eigenvalue weighted by Crippen LogP contribution is -2.33. The Labute approximate surface area is 113 Å². The highest BCUT2D eigenvalue weighted by Gasteiger charge is 2.26. The molecule has 4 nitrogen and oxygen atoms in total. The summed E-state index contributed by atoms with van der Waals surface area (Å²) < 4.78 is 26.7. The van der Waals surface area contributed by atoms with Gasteiger partial charge in [0.2, 0.25) is 10.0 Å². The van der Waals surface area contributed by atoms with Crippen molar-refractivity contribution < 1.29 is 8.42 Å². The zero-order valence-electron chi connectivity index (χ0n) is 10.4. The molecule has 100 valence electrons. The Morgan fingerprint density at radius 1 is 1.28 bits per heavy atom. The maximum atomic E-state index is 12.6. The molecule has 6 heteroatoms. The SMILES string of the molecule is Cc1ccc(N)cc1S(=O)(=O)N1CCCSCC1. The number of anilines is 1. The van der Waals surface area contributed by atoms with Crippen LogP contribution in [0.3, 0.4) is 0 Å². The van der Waals surface area contributed by atoms with Crippen LogP contribution in [0.5, 0.6) is 0 Å². The van der Waals surface area contributed by atoms with E-state index in [1.807, 2.05) is 11.8 Å². The van der Waals surface area contributed by atoms with Gasteiger partial charge in [0, 0.05) is 24.5 Å². The Kier molecular flexibility index (Phi) is 4.19. The van der Waals surface area contributed by atoms with Crippen LogP contribution in [0.4, 0.5) is 5.69 Å². The van der Waals surface area contributed by atoms with Gasteiger partial charge in [-0.1, -0.05) is 6.07 Å². The number of aryl methyl sites for hydroxylation is 1. The third kappa shape index (κ3) is 2.81. The van der Waals surface area contributed by atoms with E-state index in [9.17, 15) is 8.42 Å². The van der Waals surface area contributed by atoms with E-state index in [2.05, 4.69) is 0 Å². The molecule has 1 aliphatic rings. The van der Waals surface area contributed by atoms with Gasteiger partial charge in [-0.3, -0.25) is 0 Å². The van der Waals surface area contributed by atoms with Gasteiger partial charge in [0.05, 0.1) is 4.90 Å². The zero-order valence-corrected chi connectivity index (χ0v) is 12.1. The van der Waals surface area contributed by atoms with Gasteiger partial charge in [0.25, 0.3) is 0 Å². The first kappa shape index (κ1) is 13.7. The first-order chi connectivity index (χ1) is 8.51. The predicted molar refractivity (Wildman–Crippen MR) is 76.3 cm³/mol. The van der Waals surface area contributed by atoms with E-state index in [1.165, 1.54) is 0 Å². The van der Waals surface area contributed by atoms with Crippen LogP contribution < -0.4 is 5.73 Å². The van der Waals surface area contributed by atoms with Crippen LogP contribution >= 0.6 is 11.8 Å². The highest BCUT2D eigenvalue weighted by atomic mass is 32.2. The predicted octanol–water partition coefficient (Wildman–Crippen LogP) is 1.70. The molecule has 0 saturated carbocycles. The number of sulfonamides is 1. The van der Waals surface area contributed by atoms with Crippen molar-refractivity contribution in [3.63, 3.8) is 0 Å². The third-order valence-corrected chi connectivity index (χ3v) is 6.10. The average molecular weight is 286 g/mol. The van der Waals surface area contributed by atoms with Gasteiger partial charge in [-0.15, -0.1) is 0 Å². The van der Waals surface area contributed by atoms with E-state index < -0.39 is 10.0 Å². The number of nitrogen functional groups attached to an aromatic ring is 1. The molecule has 1 aromatic rings. The highest BCUT2D eigenvalue weighted by Crippen LogP contribution is 2.24. The fourth-order valence-corrected chi connectivity index (χ4v) is 4.74. The molecular weight excluding hydrogens is 268 g/mol. The molecule has 0 radical (unpaired) electrons. The molecule has 1 aromatic carbocycles. The maximum Gasteiger partial charge on any atom is 0.243 e. The van der Waals surface area contributed by atoms with Crippen LogP contribution in [-0.4, -0.2) is 37.3 Å². The van der Waals surface area contributed by atoms with Gasteiger partial charge in [-0.25, -0.2) is 8.42 Å². The van der Waals surface area contributed by atoms with Gasteiger partial charge in [-0.05, 0) is 36.8 Å². The summed E-state index contributed by atoms with van der Waals surface area (Å²) in [6.07, 6.45) is 0.908. The lowest BCUT2D eigenvalue weighted by atomic mass is 10.2. The first-order valence-electron chi connectivity index (χ1n) is 5.96. The summed E-state index contributed by atoms with van der Waals surface area (Å²) in [5, 5.41) is 0. The smallest absolute Gasteiger partial charge is 0.243 e. The minimum atomic E-state index is -3.40. The van der Waals surface area contributed by atoms with E-state index in [1.54, 1.807) is 29.4 Å². The summed E-state index contributed by atoms with van der Waals surface area (Å²) in [7, 11) is -3.40. The summed E-state index contributed by atoms with van der Waals surface area (Å²) in [5.41, 5.74) is 6.94. The topological polar surface area (TPSA) is 63.4 Å². The molecule has 0 amide bonds. The van der Waals surface area contributed by atoms with Crippen molar-refractivity contribution in [1.29, 1.82) is 0 Å². The number of nitrogens with zero attached hydrogens (tertiary/aromatic N) is 1. The number of hydrogen-bond donors (Lipinski definition) is 1. The molecule has 0 aliphatic carbocycles. The van der Waals surface area contributed by atoms with Crippen molar-refractivity contribution in [2.24, 2.45) is 0 Å². The molecule has 2 rings (SSSR count). The van der Waals surface area contributed by atoms with Gasteiger partial charge in [0.1, 0.15) is 0 Å². The Morgan fingerprint density at radius 3 is 2.83 bits per heavy atom. The Morgan fingerprint density at radius 2 is 2.06 bits per heavy atom. The lowest BCUT2D eigenvalue weighted by molar-refractivity contribution is 0.434. The van der Waals surface area contributed by atoms with Crippen LogP contribution in [0.25, 0.3) is 0 Å². The van der Waals surface area contributed by atoms with E-state index >= 15 is 0 Å². The maximum absolute atomic E-state index is 12.6. The fourth-order valence-electron chi connectivity index (χ4n) is 2.00. The van der Waals surface area contributed by atoms with Crippen molar-refractivity contribution >= 4 is 27.5 Å². The summed E-state index contributed by atoms with van der Waals surface area (Å²) in [6, 6.07) is 5.05. The molecule has 1 heterocycles. The average Bonchev–Trinajstić information content (AvgIpc) is 2.61. The number of hydrogen-bond acceptors (Lipinski definition) is 4. The van der Waals surface area contributed by atoms with Crippen LogP contribution in [-0.2, 0) is 10.0 Å². The van der Waals surface area contributed by atoms with E-state index in [-0.39, 0.29) is 0 Å². The zero-order chi connectivity index (χ0) is 13.2. The van der Waals surface area contributed by atoms with Gasteiger partial charge in [-0.2, -0.15) is 16.1 Å². The lowest BCUT2D eigenvalue weighted by Gasteiger charge is -2.21. The molecule has 0 spiro atoms. The van der Waals surface area contributed by atoms with Crippen LogP contribution in [0.2, 0.25) is 0 Å². The van der Waals surface area contributed by atoms with E-state index in [0.717, 1.165) is 23.5 Å². The molecule has 0 bridgehead atoms. The second-order valence-corrected chi connectivity index (χ2v) is 7.53. The third-order valence-electron chi connectivity index (χ3n) is 3.01. The van der Waals surface area contributed by atoms with E-state index in [4.69, 9.17) is 5.73 Å². The minimum Gasteiger partial charge on any atom is -0.399 e. The first-order valence-corrected chi connectivity index (χ1v) is 8.55. The van der Waals surface area contributed by atoms with Crippen LogP contribution in [0, 0.1) is 6.92 Å². The normalized spacial score (nSPS) is 18.5. The fraction of sp³-hybridized carbons (Fsp3) is 0.500. The molecule has 0 atom stereocenters. The second kappa shape index (κ2) is 5.50.